The van der Waals surface area contributed by atoms with Gasteiger partial charge in [-0.05, 0) is 11.6 Å². The van der Waals surface area contributed by atoms with Gasteiger partial charge in [0.05, 0.1) is 0 Å². The smallest absolute Gasteiger partial charge is 0.355 e. The molecule has 0 aliphatic rings. The van der Waals surface area contributed by atoms with Crippen molar-refractivity contribution in [2.75, 3.05) is 7.05 Å². The van der Waals surface area contributed by atoms with Gasteiger partial charge in [0, 0.05) is 23.4 Å². The van der Waals surface area contributed by atoms with Gasteiger partial charge in [-0.25, -0.2) is 9.78 Å². The minimum Gasteiger partial charge on any atom is -0.476 e. The zero-order valence-corrected chi connectivity index (χ0v) is 12.9. The maximum Gasteiger partial charge on any atom is 0.355 e. The molecule has 0 aliphatic heterocycles. The van der Waals surface area contributed by atoms with Crippen molar-refractivity contribution in [3.05, 3.63) is 50.4 Å². The third kappa shape index (κ3) is 3.23. The summed E-state index contributed by atoms with van der Waals surface area (Å²) in [5.41, 5.74) is 0.867. The van der Waals surface area contributed by atoms with E-state index < -0.39 is 5.97 Å². The van der Waals surface area contributed by atoms with E-state index >= 15 is 0 Å². The van der Waals surface area contributed by atoms with Crippen LogP contribution in [0.15, 0.2) is 34.1 Å². The van der Waals surface area contributed by atoms with Crippen LogP contribution in [-0.2, 0) is 6.54 Å². The van der Waals surface area contributed by atoms with Crippen LogP contribution in [0.25, 0.3) is 0 Å². The fourth-order valence-electron chi connectivity index (χ4n) is 1.59. The lowest BCUT2D eigenvalue weighted by Crippen LogP contribution is -2.26. The van der Waals surface area contributed by atoms with E-state index in [-0.39, 0.29) is 16.6 Å². The number of carbonyl (C=O) groups is 2. The van der Waals surface area contributed by atoms with Crippen LogP contribution >= 0.6 is 27.3 Å². The summed E-state index contributed by atoms with van der Waals surface area (Å²) in [7, 11) is 1.66. The molecule has 0 unspecified atom stereocenters. The highest BCUT2D eigenvalue weighted by atomic mass is 79.9. The number of carbonyl (C=O) groups excluding carboxylic acids is 1. The summed E-state index contributed by atoms with van der Waals surface area (Å²) < 4.78 is 0.921. The first-order valence-corrected chi connectivity index (χ1v) is 7.34. The van der Waals surface area contributed by atoms with E-state index in [1.807, 2.05) is 24.3 Å². The van der Waals surface area contributed by atoms with Crippen molar-refractivity contribution in [2.24, 2.45) is 0 Å². The van der Waals surface area contributed by atoms with Crippen LogP contribution in [0.4, 0.5) is 0 Å². The third-order valence-electron chi connectivity index (χ3n) is 2.62. The van der Waals surface area contributed by atoms with Crippen LogP contribution in [0.2, 0.25) is 0 Å². The molecule has 0 aliphatic carbocycles. The summed E-state index contributed by atoms with van der Waals surface area (Å²) in [4.78, 5) is 28.2. The molecule has 2 rings (SSSR count). The number of aromatic nitrogens is 1. The summed E-state index contributed by atoms with van der Waals surface area (Å²) in [6, 6.07) is 7.61. The average Bonchev–Trinajstić information content (AvgIpc) is 2.90. The Hall–Kier alpha value is -1.73. The Morgan fingerprint density at radius 1 is 1.40 bits per heavy atom. The van der Waals surface area contributed by atoms with Gasteiger partial charge in [0.1, 0.15) is 0 Å². The minimum absolute atomic E-state index is 0.104. The molecule has 5 nitrogen and oxygen atoms in total. The summed E-state index contributed by atoms with van der Waals surface area (Å²) in [5, 5.41) is 10.3. The molecule has 1 amide bonds. The summed E-state index contributed by atoms with van der Waals surface area (Å²) >= 11 is 4.46. The second-order valence-electron chi connectivity index (χ2n) is 4.10. The van der Waals surface area contributed by atoms with Crippen LogP contribution in [0.1, 0.15) is 25.9 Å². The number of hydrogen-bond donors (Lipinski definition) is 1. The van der Waals surface area contributed by atoms with Crippen molar-refractivity contribution in [3.63, 3.8) is 0 Å². The van der Waals surface area contributed by atoms with Gasteiger partial charge >= 0.3 is 5.97 Å². The summed E-state index contributed by atoms with van der Waals surface area (Å²) in [5.74, 6) is -1.42. The van der Waals surface area contributed by atoms with Gasteiger partial charge in [-0.2, -0.15) is 0 Å². The molecule has 104 valence electrons. The Morgan fingerprint density at radius 2 is 2.10 bits per heavy atom. The largest absolute Gasteiger partial charge is 0.476 e. The number of hydrogen-bond acceptors (Lipinski definition) is 4. The quantitative estimate of drug-likeness (QED) is 0.916. The summed E-state index contributed by atoms with van der Waals surface area (Å²) in [6.07, 6.45) is 0. The number of benzene rings is 1. The number of nitrogens with zero attached hydrogens (tertiary/aromatic N) is 2. The molecule has 2 aromatic rings. The number of thiazole rings is 1. The normalized spacial score (nSPS) is 10.3. The molecular weight excluding hydrogens is 344 g/mol. The van der Waals surface area contributed by atoms with Crippen LogP contribution in [-0.4, -0.2) is 33.9 Å². The molecule has 0 saturated carbocycles. The van der Waals surface area contributed by atoms with Gasteiger partial charge in [-0.15, -0.1) is 11.3 Å². The van der Waals surface area contributed by atoms with E-state index in [4.69, 9.17) is 5.11 Å². The van der Waals surface area contributed by atoms with Gasteiger partial charge in [-0.3, -0.25) is 4.79 Å². The van der Waals surface area contributed by atoms with E-state index in [1.54, 1.807) is 7.05 Å². The number of carboxylic acids is 1. The van der Waals surface area contributed by atoms with E-state index in [2.05, 4.69) is 20.9 Å². The maximum atomic E-state index is 12.2. The lowest BCUT2D eigenvalue weighted by Gasteiger charge is -2.16. The molecule has 1 heterocycles. The van der Waals surface area contributed by atoms with Crippen molar-refractivity contribution >= 4 is 39.1 Å². The molecule has 20 heavy (non-hydrogen) atoms. The van der Waals surface area contributed by atoms with Crippen LogP contribution < -0.4 is 0 Å². The van der Waals surface area contributed by atoms with Crippen molar-refractivity contribution in [2.45, 2.75) is 6.54 Å². The zero-order valence-electron chi connectivity index (χ0n) is 10.5. The highest BCUT2D eigenvalue weighted by Crippen LogP contribution is 2.19. The molecule has 0 radical (unpaired) electrons. The Labute approximate surface area is 128 Å². The first kappa shape index (κ1) is 14.7. The second kappa shape index (κ2) is 6.15. The Balaban J connectivity index is 2.12. The van der Waals surface area contributed by atoms with Crippen molar-refractivity contribution in [1.29, 1.82) is 0 Å². The number of aromatic carboxylic acids is 1. The first-order chi connectivity index (χ1) is 9.49. The number of halogens is 1. The number of amides is 1. The number of carboxylic acid groups (broad SMARTS) is 1. The lowest BCUT2D eigenvalue weighted by molar-refractivity contribution is 0.0691. The fraction of sp³-hybridized carbons (Fsp3) is 0.154. The van der Waals surface area contributed by atoms with Crippen molar-refractivity contribution in [3.8, 4) is 0 Å². The number of rotatable bonds is 4. The van der Waals surface area contributed by atoms with E-state index in [0.29, 0.717) is 6.54 Å². The second-order valence-corrected chi connectivity index (χ2v) is 5.81. The maximum absolute atomic E-state index is 12.2. The molecule has 7 heteroatoms. The average molecular weight is 355 g/mol. The van der Waals surface area contributed by atoms with Crippen molar-refractivity contribution in [1.82, 2.24) is 9.88 Å². The van der Waals surface area contributed by atoms with Gasteiger partial charge in [-0.1, -0.05) is 34.1 Å². The standard InChI is InChI=1S/C13H11BrN2O3S/c1-16(6-8-4-2-3-5-9(8)14)12(17)11-15-10(7-20-11)13(18)19/h2-5,7H,6H2,1H3,(H,18,19). The van der Waals surface area contributed by atoms with Gasteiger partial charge in [0.2, 0.25) is 0 Å². The van der Waals surface area contributed by atoms with E-state index in [1.165, 1.54) is 10.3 Å². The van der Waals surface area contributed by atoms with Crippen LogP contribution in [0, 0.1) is 0 Å². The van der Waals surface area contributed by atoms with Crippen LogP contribution in [0.5, 0.6) is 0 Å². The van der Waals surface area contributed by atoms with Crippen LogP contribution in [0.3, 0.4) is 0 Å². The SMILES string of the molecule is CN(Cc1ccccc1Br)C(=O)c1nc(C(=O)O)cs1. The predicted octanol–water partition coefficient (Wildman–Crippen LogP) is 2.88. The van der Waals surface area contributed by atoms with Gasteiger partial charge in [0.15, 0.2) is 10.7 Å². The molecule has 0 spiro atoms. The van der Waals surface area contributed by atoms with E-state index in [0.717, 1.165) is 21.4 Å². The van der Waals surface area contributed by atoms with Gasteiger partial charge in [0.25, 0.3) is 5.91 Å². The Morgan fingerprint density at radius 3 is 2.70 bits per heavy atom. The molecule has 0 bridgehead atoms. The molecule has 1 aromatic heterocycles. The Bertz CT molecular complexity index is 657. The molecule has 0 saturated heterocycles. The van der Waals surface area contributed by atoms with E-state index in [9.17, 15) is 9.59 Å². The molecule has 1 N–H and O–H groups in total. The summed E-state index contributed by atoms with van der Waals surface area (Å²) in [6.45, 7) is 0.419. The molecule has 1 aromatic carbocycles. The van der Waals surface area contributed by atoms with Gasteiger partial charge < -0.3 is 10.0 Å². The predicted molar refractivity (Wildman–Crippen MR) is 79.0 cm³/mol. The highest BCUT2D eigenvalue weighted by Gasteiger charge is 2.18. The highest BCUT2D eigenvalue weighted by molar-refractivity contribution is 9.10. The first-order valence-electron chi connectivity index (χ1n) is 5.66. The fourth-order valence-corrected chi connectivity index (χ4v) is 2.78. The van der Waals surface area contributed by atoms with Crippen molar-refractivity contribution < 1.29 is 14.7 Å². The third-order valence-corrected chi connectivity index (χ3v) is 4.22. The minimum atomic E-state index is -1.13. The molecule has 0 atom stereocenters. The lowest BCUT2D eigenvalue weighted by atomic mass is 10.2. The topological polar surface area (TPSA) is 70.5 Å². The Kier molecular flexibility index (Phi) is 4.51. The zero-order chi connectivity index (χ0) is 14.7. The molecule has 0 fully saturated rings. The molecular formula is C13H11BrN2O3S. The monoisotopic (exact) mass is 354 g/mol.